The van der Waals surface area contributed by atoms with Crippen molar-refractivity contribution in [2.24, 2.45) is 14.1 Å². The molecule has 2 aromatic heterocycles. The zero-order chi connectivity index (χ0) is 18.4. The minimum atomic E-state index is -0.0228. The molecule has 132 valence electrons. The van der Waals surface area contributed by atoms with Gasteiger partial charge in [0.1, 0.15) is 5.82 Å². The highest BCUT2D eigenvalue weighted by atomic mass is 16.1. The molecule has 0 bridgehead atoms. The Morgan fingerprint density at radius 1 is 0.923 bits per heavy atom. The van der Waals surface area contributed by atoms with E-state index in [4.69, 9.17) is 4.98 Å². The lowest BCUT2D eigenvalue weighted by Crippen LogP contribution is -2.19. The monoisotopic (exact) mass is 346 g/mol. The molecule has 0 saturated heterocycles. The van der Waals surface area contributed by atoms with Crippen LogP contribution in [0.1, 0.15) is 25.6 Å². The van der Waals surface area contributed by atoms with E-state index in [1.54, 1.807) is 23.2 Å². The van der Waals surface area contributed by atoms with Crippen molar-refractivity contribution >= 4 is 11.0 Å². The second-order valence-corrected chi connectivity index (χ2v) is 6.97. The Balaban J connectivity index is 1.97. The third-order valence-electron chi connectivity index (χ3n) is 4.88. The first kappa shape index (κ1) is 16.4. The van der Waals surface area contributed by atoms with Crippen LogP contribution >= 0.6 is 0 Å². The van der Waals surface area contributed by atoms with Gasteiger partial charge in [0, 0.05) is 31.1 Å². The predicted octanol–water partition coefficient (Wildman–Crippen LogP) is 4.06. The molecule has 2 aromatic carbocycles. The second-order valence-electron chi connectivity index (χ2n) is 6.97. The van der Waals surface area contributed by atoms with E-state index in [0.717, 1.165) is 39.4 Å². The van der Waals surface area contributed by atoms with Gasteiger partial charge in [-0.2, -0.15) is 0 Å². The van der Waals surface area contributed by atoms with Crippen LogP contribution in [-0.2, 0) is 14.1 Å². The van der Waals surface area contributed by atoms with Crippen molar-refractivity contribution in [2.45, 2.75) is 19.8 Å². The molecule has 0 unspecified atom stereocenters. The molecule has 26 heavy (non-hydrogen) atoms. The van der Waals surface area contributed by atoms with E-state index in [1.165, 1.54) is 0 Å². The van der Waals surface area contributed by atoms with Crippen molar-refractivity contribution in [1.29, 1.82) is 0 Å². The van der Waals surface area contributed by atoms with E-state index in [0.29, 0.717) is 5.92 Å². The Morgan fingerprint density at radius 3 is 2.31 bits per heavy atom. The number of benzene rings is 2. The average Bonchev–Trinajstić information content (AvgIpc) is 3.19. The van der Waals surface area contributed by atoms with Crippen LogP contribution in [0.5, 0.6) is 0 Å². The van der Waals surface area contributed by atoms with E-state index in [2.05, 4.69) is 31.0 Å². The van der Waals surface area contributed by atoms with Gasteiger partial charge in [-0.05, 0) is 12.1 Å². The highest BCUT2D eigenvalue weighted by Crippen LogP contribution is 2.33. The zero-order valence-electron chi connectivity index (χ0n) is 15.4. The van der Waals surface area contributed by atoms with E-state index < -0.39 is 0 Å². The molecule has 0 spiro atoms. The number of nitrogens with zero attached hydrogens (tertiary/aromatic N) is 3. The van der Waals surface area contributed by atoms with E-state index in [-0.39, 0.29) is 5.69 Å². The van der Waals surface area contributed by atoms with Gasteiger partial charge in [-0.25, -0.2) is 9.78 Å². The molecule has 5 heteroatoms. The van der Waals surface area contributed by atoms with Gasteiger partial charge in [0.15, 0.2) is 0 Å². The first-order valence-electron chi connectivity index (χ1n) is 8.78. The second kappa shape index (κ2) is 6.02. The molecule has 0 aliphatic carbocycles. The summed E-state index contributed by atoms with van der Waals surface area (Å²) in [5, 5.41) is 0. The lowest BCUT2D eigenvalue weighted by Gasteiger charge is -2.04. The SMILES string of the molecule is CC(C)c1nc(-c2ccc3c(c2)n(C)c(=O)n3C)c(-c2ccccc2)[nH]1. The lowest BCUT2D eigenvalue weighted by molar-refractivity contribution is 0.795. The van der Waals surface area contributed by atoms with Crippen molar-refractivity contribution in [2.75, 3.05) is 0 Å². The van der Waals surface area contributed by atoms with Crippen molar-refractivity contribution in [3.63, 3.8) is 0 Å². The van der Waals surface area contributed by atoms with Crippen molar-refractivity contribution < 1.29 is 0 Å². The third-order valence-corrected chi connectivity index (χ3v) is 4.88. The van der Waals surface area contributed by atoms with Crippen LogP contribution in [-0.4, -0.2) is 19.1 Å². The summed E-state index contributed by atoms with van der Waals surface area (Å²) in [4.78, 5) is 20.6. The van der Waals surface area contributed by atoms with Gasteiger partial charge < -0.3 is 4.98 Å². The number of aromatic nitrogens is 4. The Bertz CT molecular complexity index is 1150. The number of aryl methyl sites for hydroxylation is 2. The van der Waals surface area contributed by atoms with Gasteiger partial charge >= 0.3 is 5.69 Å². The number of imidazole rings is 2. The minimum absolute atomic E-state index is 0.0228. The molecule has 5 nitrogen and oxygen atoms in total. The molecule has 4 rings (SSSR count). The number of rotatable bonds is 3. The summed E-state index contributed by atoms with van der Waals surface area (Å²) in [6, 6.07) is 16.3. The highest BCUT2D eigenvalue weighted by Gasteiger charge is 2.17. The van der Waals surface area contributed by atoms with Crippen molar-refractivity contribution in [3.8, 4) is 22.5 Å². The third kappa shape index (κ3) is 2.47. The standard InChI is InChI=1S/C21H22N4O/c1-13(2)20-22-18(14-8-6-5-7-9-14)19(23-20)15-10-11-16-17(12-15)25(4)21(26)24(16)3/h5-13H,1-4H3,(H,22,23). The van der Waals surface area contributed by atoms with E-state index in [1.807, 2.05) is 36.4 Å². The molecule has 0 aliphatic heterocycles. The van der Waals surface area contributed by atoms with E-state index >= 15 is 0 Å². The minimum Gasteiger partial charge on any atom is -0.341 e. The number of fused-ring (bicyclic) bond motifs is 1. The summed E-state index contributed by atoms with van der Waals surface area (Å²) in [5.74, 6) is 1.26. The van der Waals surface area contributed by atoms with Gasteiger partial charge in [0.25, 0.3) is 0 Å². The molecule has 0 aliphatic rings. The fourth-order valence-corrected chi connectivity index (χ4v) is 3.34. The van der Waals surface area contributed by atoms with Crippen LogP contribution in [0.15, 0.2) is 53.3 Å². The summed E-state index contributed by atoms with van der Waals surface area (Å²) in [7, 11) is 3.60. The van der Waals surface area contributed by atoms with E-state index in [9.17, 15) is 4.79 Å². The maximum absolute atomic E-state index is 12.2. The summed E-state index contributed by atoms with van der Waals surface area (Å²) < 4.78 is 3.35. The number of hydrogen-bond acceptors (Lipinski definition) is 2. The fraction of sp³-hybridized carbons (Fsp3) is 0.238. The zero-order valence-corrected chi connectivity index (χ0v) is 15.4. The van der Waals surface area contributed by atoms with Gasteiger partial charge in [-0.1, -0.05) is 50.2 Å². The highest BCUT2D eigenvalue weighted by molar-refractivity contribution is 5.86. The largest absolute Gasteiger partial charge is 0.341 e. The van der Waals surface area contributed by atoms with Crippen LogP contribution in [0.25, 0.3) is 33.5 Å². The molecule has 2 heterocycles. The smallest absolute Gasteiger partial charge is 0.328 e. The number of H-pyrrole nitrogens is 1. The van der Waals surface area contributed by atoms with Gasteiger partial charge in [-0.3, -0.25) is 9.13 Å². The molecule has 0 atom stereocenters. The first-order chi connectivity index (χ1) is 12.5. The molecule has 0 amide bonds. The molecule has 0 fully saturated rings. The molecular weight excluding hydrogens is 324 g/mol. The summed E-state index contributed by atoms with van der Waals surface area (Å²) in [6.45, 7) is 4.25. The number of hydrogen-bond donors (Lipinski definition) is 1. The molecule has 0 radical (unpaired) electrons. The Kier molecular flexibility index (Phi) is 3.80. The predicted molar refractivity (Wildman–Crippen MR) is 105 cm³/mol. The number of aromatic amines is 1. The Hall–Kier alpha value is -3.08. The fourth-order valence-electron chi connectivity index (χ4n) is 3.34. The Labute approximate surface area is 151 Å². The van der Waals surface area contributed by atoms with Crippen LogP contribution in [0, 0.1) is 0 Å². The van der Waals surface area contributed by atoms with Gasteiger partial charge in [-0.15, -0.1) is 0 Å². The summed E-state index contributed by atoms with van der Waals surface area (Å²) in [5.41, 5.74) is 5.83. The molecular formula is C21H22N4O. The normalized spacial score (nSPS) is 11.6. The summed E-state index contributed by atoms with van der Waals surface area (Å²) in [6.07, 6.45) is 0. The van der Waals surface area contributed by atoms with Gasteiger partial charge in [0.2, 0.25) is 0 Å². The average molecular weight is 346 g/mol. The lowest BCUT2D eigenvalue weighted by atomic mass is 10.0. The molecule has 4 aromatic rings. The van der Waals surface area contributed by atoms with Crippen molar-refractivity contribution in [1.82, 2.24) is 19.1 Å². The quantitative estimate of drug-likeness (QED) is 0.608. The van der Waals surface area contributed by atoms with Crippen LogP contribution in [0.4, 0.5) is 0 Å². The molecule has 1 N–H and O–H groups in total. The molecule has 0 saturated carbocycles. The summed E-state index contributed by atoms with van der Waals surface area (Å²) >= 11 is 0. The maximum atomic E-state index is 12.2. The van der Waals surface area contributed by atoms with Crippen molar-refractivity contribution in [3.05, 3.63) is 64.8 Å². The van der Waals surface area contributed by atoms with Crippen LogP contribution in [0.3, 0.4) is 0 Å². The topological polar surface area (TPSA) is 55.6 Å². The van der Waals surface area contributed by atoms with Gasteiger partial charge in [0.05, 0.1) is 22.4 Å². The van der Waals surface area contributed by atoms with Crippen LogP contribution in [0.2, 0.25) is 0 Å². The Morgan fingerprint density at radius 2 is 1.62 bits per heavy atom. The maximum Gasteiger partial charge on any atom is 0.328 e. The number of nitrogens with one attached hydrogen (secondary N) is 1. The van der Waals surface area contributed by atoms with Crippen LogP contribution < -0.4 is 5.69 Å². The first-order valence-corrected chi connectivity index (χ1v) is 8.78.